The number of hydrogen-bond acceptors (Lipinski definition) is 9. The van der Waals surface area contributed by atoms with E-state index in [2.05, 4.69) is 73.4 Å². The summed E-state index contributed by atoms with van der Waals surface area (Å²) >= 11 is 0. The Morgan fingerprint density at radius 1 is 0.875 bits per heavy atom. The van der Waals surface area contributed by atoms with E-state index in [1.165, 1.54) is 57.6 Å². The van der Waals surface area contributed by atoms with E-state index in [1.54, 1.807) is 0 Å². The van der Waals surface area contributed by atoms with Crippen LogP contribution in [0.2, 0.25) is 0 Å². The van der Waals surface area contributed by atoms with Gasteiger partial charge in [-0.2, -0.15) is 0 Å². The number of aliphatic hydroxyl groups is 1. The molecule has 0 aromatic rings. The number of allylic oxidation sites excluding steroid dienone is 12. The van der Waals surface area contributed by atoms with Gasteiger partial charge in [-0.1, -0.05) is 105 Å². The fraction of sp³-hybridized carbons (Fsp3) is 0.545. The van der Waals surface area contributed by atoms with Crippen molar-refractivity contribution in [3.05, 3.63) is 116 Å². The van der Waals surface area contributed by atoms with Crippen LogP contribution in [-0.2, 0) is 19.1 Å². The van der Waals surface area contributed by atoms with Gasteiger partial charge in [-0.15, -0.1) is 0 Å². The molecule has 6 aliphatic rings. The van der Waals surface area contributed by atoms with Crippen molar-refractivity contribution in [3.8, 4) is 0 Å². The number of carbonyl (C=O) groups excluding carboxylic acids is 2. The molecule has 2 N–H and O–H groups in total. The van der Waals surface area contributed by atoms with Crippen LogP contribution >= 0.6 is 0 Å². The molecule has 1 saturated heterocycles. The molecule has 1 aliphatic carbocycles. The molecular weight excluding hydrogens is 797 g/mol. The number of aliphatic imine (C=N–C) groups is 3. The normalized spacial score (nSPS) is 22.8. The van der Waals surface area contributed by atoms with E-state index in [4.69, 9.17) is 24.5 Å². The number of rotatable bonds is 20. The predicted molar refractivity (Wildman–Crippen MR) is 262 cm³/mol. The molecular formula is C55H74N4O5. The summed E-state index contributed by atoms with van der Waals surface area (Å²) in [5.74, 6) is -0.0182. The topological polar surface area (TPSA) is 122 Å². The molecule has 5 aliphatic heterocycles. The minimum Gasteiger partial charge on any atom is -0.510 e. The van der Waals surface area contributed by atoms with E-state index in [0.29, 0.717) is 29.0 Å². The van der Waals surface area contributed by atoms with Crippen molar-refractivity contribution in [2.24, 2.45) is 50.5 Å². The van der Waals surface area contributed by atoms with Crippen LogP contribution in [0.25, 0.3) is 0 Å². The number of hydrogen-bond donors (Lipinski definition) is 2. The first-order valence-electron chi connectivity index (χ1n) is 24.1. The summed E-state index contributed by atoms with van der Waals surface area (Å²) < 4.78 is 11.1. The number of carbonyl (C=O) groups is 2. The summed E-state index contributed by atoms with van der Waals surface area (Å²) in [4.78, 5) is 42.4. The second-order valence-corrected chi connectivity index (χ2v) is 19.5. The highest BCUT2D eigenvalue weighted by Crippen LogP contribution is 2.49. The molecule has 0 spiro atoms. The molecule has 6 rings (SSSR count). The third-order valence-corrected chi connectivity index (χ3v) is 14.3. The van der Waals surface area contributed by atoms with Crippen LogP contribution < -0.4 is 5.32 Å². The lowest BCUT2D eigenvalue weighted by molar-refractivity contribution is -0.144. The van der Waals surface area contributed by atoms with Gasteiger partial charge in [0, 0.05) is 46.4 Å². The highest BCUT2D eigenvalue weighted by molar-refractivity contribution is 6.24. The molecule has 9 heteroatoms. The maximum Gasteiger partial charge on any atom is 0.321 e. The molecule has 0 aromatic heterocycles. The van der Waals surface area contributed by atoms with Gasteiger partial charge in [0.25, 0.3) is 0 Å². The fourth-order valence-corrected chi connectivity index (χ4v) is 10.2. The lowest BCUT2D eigenvalue weighted by Crippen LogP contribution is -2.25. The first-order valence-corrected chi connectivity index (χ1v) is 24.1. The van der Waals surface area contributed by atoms with Crippen molar-refractivity contribution < 1.29 is 24.2 Å². The van der Waals surface area contributed by atoms with Gasteiger partial charge in [-0.25, -0.2) is 15.0 Å². The third kappa shape index (κ3) is 10.6. The predicted octanol–water partition coefficient (Wildman–Crippen LogP) is 13.0. The highest BCUT2D eigenvalue weighted by atomic mass is 16.5. The van der Waals surface area contributed by atoms with Crippen molar-refractivity contribution in [3.63, 3.8) is 0 Å². The van der Waals surface area contributed by atoms with Gasteiger partial charge >= 0.3 is 11.9 Å². The molecule has 5 atom stereocenters. The van der Waals surface area contributed by atoms with E-state index >= 15 is 0 Å². The quantitative estimate of drug-likeness (QED) is 0.0928. The van der Waals surface area contributed by atoms with E-state index in [0.717, 1.165) is 99.1 Å². The van der Waals surface area contributed by atoms with E-state index < -0.39 is 11.9 Å². The van der Waals surface area contributed by atoms with Crippen LogP contribution in [0.1, 0.15) is 146 Å². The second kappa shape index (κ2) is 21.3. The number of nitrogens with zero attached hydrogens (tertiary/aromatic N) is 3. The van der Waals surface area contributed by atoms with Gasteiger partial charge in [0.05, 0.1) is 41.3 Å². The molecule has 5 heterocycles. The third-order valence-electron chi connectivity index (χ3n) is 14.3. The molecule has 8 bridgehead atoms. The molecule has 0 amide bonds. The summed E-state index contributed by atoms with van der Waals surface area (Å²) in [5, 5.41) is 15.6. The Bertz CT molecular complexity index is 2300. The molecule has 64 heavy (non-hydrogen) atoms. The Labute approximate surface area is 383 Å². The summed E-state index contributed by atoms with van der Waals surface area (Å²) in [7, 11) is 1.33. The SMILES string of the molecule is C=CC1=C(C)C2=NC1=CC1=NC(=CC3=C(C)C4=C(O)[C@H](C(=O)OC)C(=C5NC(=C2)[C@@H](C)C5CCC(=O)OC/C=C(\C)CCCC(C)CCCC(C)CCCC(C)C)C4=N3)C(CC)=C1C. The van der Waals surface area contributed by atoms with Crippen molar-refractivity contribution in [2.75, 3.05) is 13.7 Å². The Kier molecular flexibility index (Phi) is 16.1. The second-order valence-electron chi connectivity index (χ2n) is 19.5. The summed E-state index contributed by atoms with van der Waals surface area (Å²) in [5.41, 5.74) is 13.3. The van der Waals surface area contributed by atoms with Gasteiger partial charge in [0.15, 0.2) is 0 Å². The smallest absolute Gasteiger partial charge is 0.321 e. The van der Waals surface area contributed by atoms with Gasteiger partial charge in [0.1, 0.15) is 18.3 Å². The van der Waals surface area contributed by atoms with E-state index in [9.17, 15) is 14.7 Å². The first kappa shape index (κ1) is 48.4. The fourth-order valence-electron chi connectivity index (χ4n) is 10.2. The molecule has 0 aromatic carbocycles. The monoisotopic (exact) mass is 871 g/mol. The lowest BCUT2D eigenvalue weighted by Gasteiger charge is -2.20. The number of ether oxygens (including phenoxy) is 2. The largest absolute Gasteiger partial charge is 0.510 e. The van der Waals surface area contributed by atoms with Crippen molar-refractivity contribution in [2.45, 2.75) is 146 Å². The maximum absolute atomic E-state index is 13.6. The van der Waals surface area contributed by atoms with Crippen LogP contribution in [-0.4, -0.2) is 47.9 Å². The van der Waals surface area contributed by atoms with Crippen LogP contribution in [0.3, 0.4) is 0 Å². The summed E-state index contributed by atoms with van der Waals surface area (Å²) in [6.07, 6.45) is 22.7. The summed E-state index contributed by atoms with van der Waals surface area (Å²) in [6, 6.07) is 0. The molecule has 9 nitrogen and oxygen atoms in total. The average Bonchev–Trinajstić information content (AvgIpc) is 3.99. The summed E-state index contributed by atoms with van der Waals surface area (Å²) in [6.45, 7) is 26.2. The lowest BCUT2D eigenvalue weighted by atomic mass is 9.84. The van der Waals surface area contributed by atoms with Crippen LogP contribution in [0, 0.1) is 35.5 Å². The molecule has 0 radical (unpaired) electrons. The minimum absolute atomic E-state index is 0.0838. The molecule has 344 valence electrons. The minimum atomic E-state index is -1.08. The van der Waals surface area contributed by atoms with Crippen LogP contribution in [0.5, 0.6) is 0 Å². The Morgan fingerprint density at radius 2 is 1.53 bits per heavy atom. The zero-order valence-electron chi connectivity index (χ0n) is 40.7. The van der Waals surface area contributed by atoms with Gasteiger partial charge < -0.3 is 19.9 Å². The zero-order chi connectivity index (χ0) is 46.4. The number of methoxy groups -OCH3 is 1. The number of aliphatic hydroxyl groups excluding tert-OH is 1. The van der Waals surface area contributed by atoms with Gasteiger partial charge in [-0.05, 0) is 118 Å². The van der Waals surface area contributed by atoms with Gasteiger partial charge in [-0.3, -0.25) is 9.59 Å². The zero-order valence-corrected chi connectivity index (χ0v) is 40.7. The number of nitrogens with one attached hydrogen (secondary N) is 1. The number of fused-ring (bicyclic) bond motifs is 5. The van der Waals surface area contributed by atoms with Crippen molar-refractivity contribution in [1.29, 1.82) is 0 Å². The maximum atomic E-state index is 13.6. The van der Waals surface area contributed by atoms with Crippen LogP contribution in [0.4, 0.5) is 0 Å². The number of esters is 2. The van der Waals surface area contributed by atoms with Gasteiger partial charge in [0.2, 0.25) is 0 Å². The van der Waals surface area contributed by atoms with E-state index in [-0.39, 0.29) is 36.6 Å². The Balaban J connectivity index is 1.20. The Hall–Kier alpha value is -5.05. The average molecular weight is 871 g/mol. The molecule has 0 saturated carbocycles. The first-order chi connectivity index (χ1) is 30.6. The Morgan fingerprint density at radius 3 is 2.19 bits per heavy atom. The standard InChI is InChI=1S/C55H74N4O5/c1-13-39-35(8)42-28-44-37(10)41(24-25-48(60)64-27-26-34(7)23-17-22-33(6)21-16-20-32(5)19-15-18-31(3)4)52(58-44)50-51(55(62)63-12)54(61)49-38(11)45(59-53(49)50)30-47-40(14-2)36(9)43(57-47)29-46(39)56-42/h13,26,28-33,37,41,51,58,61H,1,14-25,27H2,2-12H3/b34-26+,44-28?,46-29?,47-30?,52-50?/t32?,33?,37-,41?,51+/m0/s1. The highest BCUT2D eigenvalue weighted by Gasteiger charge is 2.49. The molecule has 1 fully saturated rings. The van der Waals surface area contributed by atoms with E-state index in [1.807, 2.05) is 38.2 Å². The van der Waals surface area contributed by atoms with Crippen molar-refractivity contribution in [1.82, 2.24) is 5.32 Å². The van der Waals surface area contributed by atoms with Crippen LogP contribution in [0.15, 0.2) is 131 Å². The van der Waals surface area contributed by atoms with Crippen molar-refractivity contribution >= 4 is 29.1 Å². The molecule has 3 unspecified atom stereocenters.